The fourth-order valence-corrected chi connectivity index (χ4v) is 6.54. The Bertz CT molecular complexity index is 1570. The fourth-order valence-electron chi connectivity index (χ4n) is 5.47. The van der Waals surface area contributed by atoms with E-state index in [2.05, 4.69) is 9.97 Å². The molecule has 12 heteroatoms. The lowest BCUT2D eigenvalue weighted by molar-refractivity contribution is -0.386. The Morgan fingerprint density at radius 1 is 1.11 bits per heavy atom. The summed E-state index contributed by atoms with van der Waals surface area (Å²) in [5, 5.41) is 12.3. The van der Waals surface area contributed by atoms with Crippen LogP contribution in [-0.4, -0.2) is 76.4 Å². The number of para-hydroxylation sites is 2. The summed E-state index contributed by atoms with van der Waals surface area (Å²) in [5.41, 5.74) is 2.19. The van der Waals surface area contributed by atoms with Crippen molar-refractivity contribution in [3.8, 4) is 28.6 Å². The number of aromatic amines is 1. The van der Waals surface area contributed by atoms with E-state index in [1.165, 1.54) is 19.2 Å². The second-order valence-electron chi connectivity index (χ2n) is 10.4. The average molecular weight is 635 g/mol. The fraction of sp³-hybridized carbons (Fsp3) is 0.394. The molecule has 1 fully saturated rings. The summed E-state index contributed by atoms with van der Waals surface area (Å²) in [6.45, 7) is 5.45. The first-order valence-corrected chi connectivity index (χ1v) is 16.2. The van der Waals surface area contributed by atoms with E-state index in [0.717, 1.165) is 41.0 Å². The van der Waals surface area contributed by atoms with Crippen molar-refractivity contribution in [1.29, 1.82) is 0 Å². The van der Waals surface area contributed by atoms with Gasteiger partial charge in [0.25, 0.3) is 5.91 Å². The Labute approximate surface area is 266 Å². The molecule has 2 heterocycles. The van der Waals surface area contributed by atoms with Crippen LogP contribution in [0.4, 0.5) is 5.69 Å². The van der Waals surface area contributed by atoms with Gasteiger partial charge in [-0.1, -0.05) is 19.1 Å². The summed E-state index contributed by atoms with van der Waals surface area (Å²) < 4.78 is 23.1. The number of nitro benzene ring substituents is 1. The standard InChI is InChI=1S/C33H38N4O7S/c1-4-42-33(45-5-2)28-12-8-17-36(28)32(38)25-20-24(41-3)21-29(30(25)37(39)40)44-19-9-18-43-23-15-13-22(14-16-23)31-34-26-10-6-7-11-27(26)35-31/h6-7,10-11,13-16,20-21,28,33H,4-5,8-9,12,17-19H2,1-3H3,(H,34,35)/t28-,33?/m0/s1. The maximum Gasteiger partial charge on any atom is 0.323 e. The number of nitro groups is 1. The minimum Gasteiger partial charge on any atom is -0.497 e. The molecule has 0 saturated carbocycles. The molecular weight excluding hydrogens is 596 g/mol. The number of ether oxygens (including phenoxy) is 4. The van der Waals surface area contributed by atoms with Gasteiger partial charge in [0.15, 0.2) is 0 Å². The number of nitrogens with one attached hydrogen (secondary N) is 1. The molecule has 11 nitrogen and oxygen atoms in total. The normalized spacial score (nSPS) is 15.3. The van der Waals surface area contributed by atoms with Crippen LogP contribution in [0.5, 0.6) is 17.2 Å². The number of benzene rings is 3. The Balaban J connectivity index is 1.23. The SMILES string of the molecule is CCOC(SCC)[C@@H]1CCCN1C(=O)c1cc(OC)cc(OCCCOc2ccc(-c3nc4ccccc4[nH]3)cc2)c1[N+](=O)[O-]. The predicted molar refractivity (Wildman–Crippen MR) is 174 cm³/mol. The molecule has 4 aromatic rings. The van der Waals surface area contributed by atoms with Crippen LogP contribution < -0.4 is 14.2 Å². The maximum atomic E-state index is 13.8. The molecule has 1 aliphatic rings. The number of rotatable bonds is 15. The molecule has 3 aromatic carbocycles. The van der Waals surface area contributed by atoms with Crippen LogP contribution in [-0.2, 0) is 4.74 Å². The van der Waals surface area contributed by atoms with Gasteiger partial charge in [-0.15, -0.1) is 11.8 Å². The van der Waals surface area contributed by atoms with Crippen LogP contribution in [0, 0.1) is 10.1 Å². The number of likely N-dealkylation sites (tertiary alicyclic amines) is 1. The van der Waals surface area contributed by atoms with Crippen LogP contribution >= 0.6 is 11.8 Å². The number of thioether (sulfide) groups is 1. The molecule has 0 bridgehead atoms. The van der Waals surface area contributed by atoms with E-state index in [9.17, 15) is 14.9 Å². The van der Waals surface area contributed by atoms with Gasteiger partial charge in [-0.25, -0.2) is 4.98 Å². The largest absolute Gasteiger partial charge is 0.497 e. The van der Waals surface area contributed by atoms with Crippen molar-refractivity contribution < 1.29 is 28.7 Å². The van der Waals surface area contributed by atoms with E-state index in [4.69, 9.17) is 18.9 Å². The van der Waals surface area contributed by atoms with Gasteiger partial charge in [0.2, 0.25) is 5.75 Å². The van der Waals surface area contributed by atoms with Crippen LogP contribution in [0.25, 0.3) is 22.4 Å². The predicted octanol–water partition coefficient (Wildman–Crippen LogP) is 6.71. The second-order valence-corrected chi connectivity index (χ2v) is 11.8. The smallest absolute Gasteiger partial charge is 0.323 e. The second kappa shape index (κ2) is 15.1. The van der Waals surface area contributed by atoms with Crippen molar-refractivity contribution in [2.75, 3.05) is 39.2 Å². The van der Waals surface area contributed by atoms with Crippen LogP contribution in [0.2, 0.25) is 0 Å². The lowest BCUT2D eigenvalue weighted by Crippen LogP contribution is -2.43. The van der Waals surface area contributed by atoms with E-state index >= 15 is 0 Å². The van der Waals surface area contributed by atoms with E-state index in [-0.39, 0.29) is 35.1 Å². The third kappa shape index (κ3) is 7.51. The van der Waals surface area contributed by atoms with Crippen molar-refractivity contribution in [2.24, 2.45) is 0 Å². The number of methoxy groups -OCH3 is 1. The number of amides is 1. The van der Waals surface area contributed by atoms with Crippen molar-refractivity contribution in [3.63, 3.8) is 0 Å². The number of hydrogen-bond donors (Lipinski definition) is 1. The first-order valence-electron chi connectivity index (χ1n) is 15.1. The Kier molecular flexibility index (Phi) is 10.8. The third-order valence-corrected chi connectivity index (χ3v) is 8.68. The summed E-state index contributed by atoms with van der Waals surface area (Å²) in [6, 6.07) is 18.2. The van der Waals surface area contributed by atoms with Crippen LogP contribution in [0.1, 0.15) is 43.5 Å². The van der Waals surface area contributed by atoms with E-state index in [1.54, 1.807) is 16.7 Å². The maximum absolute atomic E-state index is 13.8. The molecule has 1 aromatic heterocycles. The highest BCUT2D eigenvalue weighted by molar-refractivity contribution is 7.99. The Morgan fingerprint density at radius 2 is 1.89 bits per heavy atom. The highest BCUT2D eigenvalue weighted by Crippen LogP contribution is 2.38. The zero-order valence-electron chi connectivity index (χ0n) is 25.7. The van der Waals surface area contributed by atoms with Gasteiger partial charge in [-0.2, -0.15) is 0 Å². The molecule has 1 saturated heterocycles. The monoisotopic (exact) mass is 634 g/mol. The molecule has 1 amide bonds. The zero-order chi connectivity index (χ0) is 31.8. The quantitative estimate of drug-likeness (QED) is 0.0656. The highest BCUT2D eigenvalue weighted by atomic mass is 32.2. The number of fused-ring (bicyclic) bond motifs is 1. The van der Waals surface area contributed by atoms with Crippen molar-refractivity contribution in [3.05, 3.63) is 76.3 Å². The molecular formula is C33H38N4O7S. The molecule has 238 valence electrons. The van der Waals surface area contributed by atoms with Gasteiger partial charge < -0.3 is 28.8 Å². The van der Waals surface area contributed by atoms with Gasteiger partial charge >= 0.3 is 5.69 Å². The number of carbonyl (C=O) groups excluding carboxylic acids is 1. The summed E-state index contributed by atoms with van der Waals surface area (Å²) in [4.78, 5) is 35.2. The van der Waals surface area contributed by atoms with Gasteiger partial charge in [0.05, 0.1) is 42.3 Å². The number of imidazole rings is 1. The summed E-state index contributed by atoms with van der Waals surface area (Å²) in [6.07, 6.45) is 2.03. The number of hydrogen-bond acceptors (Lipinski definition) is 9. The molecule has 0 spiro atoms. The van der Waals surface area contributed by atoms with Gasteiger partial charge in [0.1, 0.15) is 28.3 Å². The molecule has 0 radical (unpaired) electrons. The average Bonchev–Trinajstić information content (AvgIpc) is 3.72. The third-order valence-electron chi connectivity index (χ3n) is 7.57. The molecule has 1 aliphatic heterocycles. The van der Waals surface area contributed by atoms with E-state index in [0.29, 0.717) is 37.7 Å². The lowest BCUT2D eigenvalue weighted by Gasteiger charge is -2.31. The molecule has 1 N–H and O–H groups in total. The molecule has 0 aliphatic carbocycles. The lowest BCUT2D eigenvalue weighted by atomic mass is 10.1. The number of H-pyrrole nitrogens is 1. The number of aromatic nitrogens is 2. The highest BCUT2D eigenvalue weighted by Gasteiger charge is 2.39. The Morgan fingerprint density at radius 3 is 2.60 bits per heavy atom. The topological polar surface area (TPSA) is 129 Å². The number of nitrogens with zero attached hydrogens (tertiary/aromatic N) is 3. The van der Waals surface area contributed by atoms with Crippen molar-refractivity contribution in [2.45, 2.75) is 44.6 Å². The summed E-state index contributed by atoms with van der Waals surface area (Å²) in [7, 11) is 1.45. The molecule has 45 heavy (non-hydrogen) atoms. The van der Waals surface area contributed by atoms with Gasteiger partial charge in [-0.3, -0.25) is 14.9 Å². The summed E-state index contributed by atoms with van der Waals surface area (Å²) in [5.74, 6) is 2.16. The first-order chi connectivity index (χ1) is 21.9. The van der Waals surface area contributed by atoms with Gasteiger partial charge in [-0.05, 0) is 61.9 Å². The van der Waals surface area contributed by atoms with Crippen LogP contribution in [0.3, 0.4) is 0 Å². The molecule has 1 unspecified atom stereocenters. The zero-order valence-corrected chi connectivity index (χ0v) is 26.5. The van der Waals surface area contributed by atoms with Gasteiger partial charge in [0, 0.05) is 37.3 Å². The van der Waals surface area contributed by atoms with E-state index in [1.807, 2.05) is 62.4 Å². The van der Waals surface area contributed by atoms with Crippen molar-refractivity contribution in [1.82, 2.24) is 14.9 Å². The van der Waals surface area contributed by atoms with Crippen molar-refractivity contribution >= 4 is 34.4 Å². The first kappa shape index (κ1) is 32.1. The summed E-state index contributed by atoms with van der Waals surface area (Å²) >= 11 is 1.63. The van der Waals surface area contributed by atoms with E-state index < -0.39 is 10.8 Å². The molecule has 2 atom stereocenters. The Hall–Kier alpha value is -4.29. The minimum absolute atomic E-state index is 0.0158. The minimum atomic E-state index is -0.562. The molecule has 5 rings (SSSR count). The van der Waals surface area contributed by atoms with Crippen LogP contribution in [0.15, 0.2) is 60.7 Å². The number of carbonyl (C=O) groups is 1.